The maximum Gasteiger partial charge on any atom is 0.305 e. The van der Waals surface area contributed by atoms with Crippen LogP contribution in [0.3, 0.4) is 0 Å². The summed E-state index contributed by atoms with van der Waals surface area (Å²) in [4.78, 5) is 23.0. The zero-order chi connectivity index (χ0) is 17.9. The topological polar surface area (TPSA) is 52.6 Å². The van der Waals surface area contributed by atoms with Gasteiger partial charge in [0, 0.05) is 12.8 Å². The number of esters is 2. The van der Waals surface area contributed by atoms with Crippen LogP contribution in [0.15, 0.2) is 0 Å². The molecule has 0 unspecified atom stereocenters. The van der Waals surface area contributed by atoms with E-state index in [0.717, 1.165) is 62.9 Å². The van der Waals surface area contributed by atoms with Crippen molar-refractivity contribution in [2.45, 2.75) is 77.0 Å². The summed E-state index contributed by atoms with van der Waals surface area (Å²) in [7, 11) is 0. The van der Waals surface area contributed by atoms with Crippen molar-refractivity contribution in [3.05, 3.63) is 0 Å². The summed E-state index contributed by atoms with van der Waals surface area (Å²) >= 11 is 8.31. The van der Waals surface area contributed by atoms with E-state index in [9.17, 15) is 9.59 Å². The Hall–Kier alpha value is -0.360. The molecule has 0 heterocycles. The number of carbonyl (C=O) groups excluding carboxylic acids is 2. The summed E-state index contributed by atoms with van der Waals surface area (Å²) in [6.07, 6.45) is 10.6. The zero-order valence-corrected chi connectivity index (χ0v) is 16.6. The van der Waals surface area contributed by atoms with Crippen LogP contribution in [-0.2, 0) is 19.1 Å². The number of ether oxygens (including phenoxy) is 2. The van der Waals surface area contributed by atoms with Gasteiger partial charge in [-0.3, -0.25) is 9.59 Å². The highest BCUT2D eigenvalue weighted by molar-refractivity contribution is 7.80. The number of hydrogen-bond donors (Lipinski definition) is 2. The molecular weight excluding hydrogens is 344 g/mol. The van der Waals surface area contributed by atoms with Crippen LogP contribution in [0.1, 0.15) is 77.0 Å². The van der Waals surface area contributed by atoms with Gasteiger partial charge in [0.05, 0.1) is 13.2 Å². The van der Waals surface area contributed by atoms with Gasteiger partial charge < -0.3 is 9.47 Å². The van der Waals surface area contributed by atoms with Crippen LogP contribution < -0.4 is 0 Å². The smallest absolute Gasteiger partial charge is 0.305 e. The Morgan fingerprint density at radius 2 is 0.917 bits per heavy atom. The molecule has 0 saturated heterocycles. The molecule has 0 aliphatic rings. The average Bonchev–Trinajstić information content (AvgIpc) is 2.58. The van der Waals surface area contributed by atoms with Gasteiger partial charge in [0.25, 0.3) is 0 Å². The van der Waals surface area contributed by atoms with Gasteiger partial charge in [-0.15, -0.1) is 0 Å². The first-order valence-electron chi connectivity index (χ1n) is 9.23. The summed E-state index contributed by atoms with van der Waals surface area (Å²) in [5, 5.41) is 0. The Morgan fingerprint density at radius 3 is 1.29 bits per heavy atom. The number of thiol groups is 2. The molecule has 6 heteroatoms. The fraction of sp³-hybridized carbons (Fsp3) is 0.889. The SMILES string of the molecule is O=C(CCCCC(=O)OCCCCCCS)OCCCCCCS. The molecule has 0 N–H and O–H groups in total. The second-order valence-electron chi connectivity index (χ2n) is 5.92. The average molecular weight is 379 g/mol. The Bertz CT molecular complexity index is 281. The highest BCUT2D eigenvalue weighted by Gasteiger charge is 2.06. The van der Waals surface area contributed by atoms with Gasteiger partial charge in [-0.2, -0.15) is 25.3 Å². The lowest BCUT2D eigenvalue weighted by Crippen LogP contribution is -2.08. The largest absolute Gasteiger partial charge is 0.466 e. The Morgan fingerprint density at radius 1 is 0.542 bits per heavy atom. The fourth-order valence-corrected chi connectivity index (χ4v) is 2.64. The molecule has 0 atom stereocenters. The molecule has 4 nitrogen and oxygen atoms in total. The first kappa shape index (κ1) is 23.6. The molecule has 0 saturated carbocycles. The summed E-state index contributed by atoms with van der Waals surface area (Å²) < 4.78 is 10.3. The van der Waals surface area contributed by atoms with Crippen LogP contribution >= 0.6 is 25.3 Å². The number of hydrogen-bond acceptors (Lipinski definition) is 6. The van der Waals surface area contributed by atoms with E-state index < -0.39 is 0 Å². The lowest BCUT2D eigenvalue weighted by atomic mass is 10.2. The lowest BCUT2D eigenvalue weighted by molar-refractivity contribution is -0.146. The van der Waals surface area contributed by atoms with Gasteiger partial charge in [-0.05, 0) is 50.0 Å². The molecule has 0 spiro atoms. The third-order valence-corrected chi connectivity index (χ3v) is 4.28. The van der Waals surface area contributed by atoms with Crippen molar-refractivity contribution in [1.29, 1.82) is 0 Å². The molecule has 0 aliphatic heterocycles. The number of carbonyl (C=O) groups is 2. The maximum atomic E-state index is 11.5. The van der Waals surface area contributed by atoms with Crippen LogP contribution in [0.25, 0.3) is 0 Å². The molecule has 0 bridgehead atoms. The summed E-state index contributed by atoms with van der Waals surface area (Å²) in [5.41, 5.74) is 0. The number of rotatable bonds is 17. The third kappa shape index (κ3) is 18.0. The van der Waals surface area contributed by atoms with E-state index >= 15 is 0 Å². The van der Waals surface area contributed by atoms with E-state index in [1.165, 1.54) is 0 Å². The molecule has 0 radical (unpaired) electrons. The Balaban J connectivity index is 3.31. The van der Waals surface area contributed by atoms with Crippen molar-refractivity contribution in [2.24, 2.45) is 0 Å². The molecular formula is C18H34O4S2. The summed E-state index contributed by atoms with van der Waals surface area (Å²) in [6.45, 7) is 1.00. The first-order chi connectivity index (χ1) is 11.7. The van der Waals surface area contributed by atoms with E-state index in [-0.39, 0.29) is 11.9 Å². The van der Waals surface area contributed by atoms with Crippen molar-refractivity contribution in [3.8, 4) is 0 Å². The van der Waals surface area contributed by atoms with Crippen molar-refractivity contribution >= 4 is 37.2 Å². The molecule has 0 aromatic rings. The predicted octanol–water partition coefficient (Wildman–Crippen LogP) is 4.61. The standard InChI is InChI=1S/C18H34O4S2/c19-17(21-13-7-1-3-9-15-23)11-5-6-12-18(20)22-14-8-2-4-10-16-24/h23-24H,1-16H2. The van der Waals surface area contributed by atoms with Crippen LogP contribution in [-0.4, -0.2) is 36.7 Å². The monoisotopic (exact) mass is 378 g/mol. The predicted molar refractivity (Wildman–Crippen MR) is 105 cm³/mol. The minimum Gasteiger partial charge on any atom is -0.466 e. The van der Waals surface area contributed by atoms with Crippen molar-refractivity contribution < 1.29 is 19.1 Å². The van der Waals surface area contributed by atoms with E-state index in [1.54, 1.807) is 0 Å². The highest BCUT2D eigenvalue weighted by Crippen LogP contribution is 2.06. The number of unbranched alkanes of at least 4 members (excludes halogenated alkanes) is 7. The molecule has 142 valence electrons. The molecule has 0 aromatic heterocycles. The van der Waals surface area contributed by atoms with Gasteiger partial charge in [0.1, 0.15) is 0 Å². The van der Waals surface area contributed by atoms with Gasteiger partial charge in [0.15, 0.2) is 0 Å². The Labute approximate surface area is 158 Å². The second kappa shape index (κ2) is 19.0. The van der Waals surface area contributed by atoms with Crippen molar-refractivity contribution in [3.63, 3.8) is 0 Å². The van der Waals surface area contributed by atoms with Crippen molar-refractivity contribution in [1.82, 2.24) is 0 Å². The lowest BCUT2D eigenvalue weighted by Gasteiger charge is -2.06. The first-order valence-corrected chi connectivity index (χ1v) is 10.5. The minimum absolute atomic E-state index is 0.165. The van der Waals surface area contributed by atoms with E-state index in [2.05, 4.69) is 25.3 Å². The Kier molecular flexibility index (Phi) is 18.7. The molecule has 24 heavy (non-hydrogen) atoms. The highest BCUT2D eigenvalue weighted by atomic mass is 32.1. The summed E-state index contributed by atoms with van der Waals surface area (Å²) in [6, 6.07) is 0. The molecule has 0 amide bonds. The molecule has 0 rings (SSSR count). The van der Waals surface area contributed by atoms with Gasteiger partial charge in [-0.1, -0.05) is 25.7 Å². The van der Waals surface area contributed by atoms with Crippen LogP contribution in [0.5, 0.6) is 0 Å². The molecule has 0 fully saturated rings. The van der Waals surface area contributed by atoms with Crippen molar-refractivity contribution in [2.75, 3.05) is 24.7 Å². The fourth-order valence-electron chi connectivity index (χ4n) is 2.19. The zero-order valence-electron chi connectivity index (χ0n) is 14.8. The van der Waals surface area contributed by atoms with Crippen LogP contribution in [0.4, 0.5) is 0 Å². The van der Waals surface area contributed by atoms with Gasteiger partial charge >= 0.3 is 11.9 Å². The van der Waals surface area contributed by atoms with E-state index in [4.69, 9.17) is 9.47 Å². The van der Waals surface area contributed by atoms with Crippen LogP contribution in [0.2, 0.25) is 0 Å². The second-order valence-corrected chi connectivity index (χ2v) is 6.82. The van der Waals surface area contributed by atoms with E-state index in [0.29, 0.717) is 38.9 Å². The van der Waals surface area contributed by atoms with Crippen LogP contribution in [0, 0.1) is 0 Å². The quantitative estimate of drug-likeness (QED) is 0.220. The third-order valence-electron chi connectivity index (χ3n) is 3.64. The minimum atomic E-state index is -0.165. The molecule has 0 aliphatic carbocycles. The molecule has 0 aromatic carbocycles. The summed E-state index contributed by atoms with van der Waals surface area (Å²) in [5.74, 6) is 1.50. The van der Waals surface area contributed by atoms with Gasteiger partial charge in [-0.25, -0.2) is 0 Å². The normalized spacial score (nSPS) is 10.6. The maximum absolute atomic E-state index is 11.5. The van der Waals surface area contributed by atoms with E-state index in [1.807, 2.05) is 0 Å². The van der Waals surface area contributed by atoms with Gasteiger partial charge in [0.2, 0.25) is 0 Å².